The zero-order chi connectivity index (χ0) is 22.7. The van der Waals surface area contributed by atoms with E-state index in [1.165, 1.54) is 0 Å². The molecule has 0 aliphatic rings. The van der Waals surface area contributed by atoms with Crippen LogP contribution in [0.1, 0.15) is 42.5 Å². The first-order valence-corrected chi connectivity index (χ1v) is 10.0. The quantitative estimate of drug-likeness (QED) is 0.329. The number of H-pyrrole nitrogens is 1. The van der Waals surface area contributed by atoms with E-state index in [0.29, 0.717) is 17.9 Å². The third kappa shape index (κ3) is 4.61. The topological polar surface area (TPSA) is 147 Å². The summed E-state index contributed by atoms with van der Waals surface area (Å²) in [6, 6.07) is 9.87. The fourth-order valence-corrected chi connectivity index (χ4v) is 3.35. The molecule has 4 aromatic rings. The number of carbonyl (C=O) groups excluding carboxylic acids is 1. The van der Waals surface area contributed by atoms with Gasteiger partial charge in [0.05, 0.1) is 17.1 Å². The van der Waals surface area contributed by atoms with Gasteiger partial charge in [-0.1, -0.05) is 19.9 Å². The number of hydrogen-bond donors (Lipinski definition) is 4. The molecule has 164 valence electrons. The van der Waals surface area contributed by atoms with Gasteiger partial charge >= 0.3 is 0 Å². The Morgan fingerprint density at radius 2 is 2.06 bits per heavy atom. The van der Waals surface area contributed by atoms with Gasteiger partial charge in [0.2, 0.25) is 0 Å². The Morgan fingerprint density at radius 3 is 2.78 bits per heavy atom. The molecule has 5 N–H and O–H groups in total. The van der Waals surface area contributed by atoms with E-state index in [2.05, 4.69) is 41.2 Å². The number of rotatable bonds is 8. The van der Waals surface area contributed by atoms with Gasteiger partial charge in [-0.25, -0.2) is 14.5 Å². The molecule has 0 fully saturated rings. The number of nitrogens with zero attached hydrogens (tertiary/aromatic N) is 5. The Hall–Kier alpha value is -4.15. The first-order valence-electron chi connectivity index (χ1n) is 10.0. The highest BCUT2D eigenvalue weighted by molar-refractivity contribution is 5.99. The van der Waals surface area contributed by atoms with Crippen molar-refractivity contribution >= 4 is 34.1 Å². The van der Waals surface area contributed by atoms with Crippen molar-refractivity contribution in [2.75, 3.05) is 10.6 Å². The number of primary amides is 1. The van der Waals surface area contributed by atoms with E-state index in [1.807, 2.05) is 38.1 Å². The summed E-state index contributed by atoms with van der Waals surface area (Å²) in [4.78, 5) is 20.6. The minimum absolute atomic E-state index is 0.0537. The zero-order valence-corrected chi connectivity index (χ0v) is 17.5. The fraction of sp³-hybridized carbons (Fsp3) is 0.238. The normalized spacial score (nSPS) is 12.1. The molecule has 1 unspecified atom stereocenters. The number of aromatic nitrogens is 6. The lowest BCUT2D eigenvalue weighted by Gasteiger charge is -2.20. The third-order valence-electron chi connectivity index (χ3n) is 4.82. The van der Waals surface area contributed by atoms with Gasteiger partial charge in [-0.3, -0.25) is 9.78 Å². The van der Waals surface area contributed by atoms with Crippen LogP contribution in [0.4, 0.5) is 21.7 Å². The number of hydrogen-bond acceptors (Lipinski definition) is 8. The molecule has 10 nitrogen and oxygen atoms in total. The number of halogens is 1. The Bertz CT molecular complexity index is 1240. The number of nitrogens with two attached hydrogens (primary N) is 1. The fourth-order valence-electron chi connectivity index (χ4n) is 3.35. The highest BCUT2D eigenvalue weighted by Crippen LogP contribution is 2.29. The molecule has 0 aliphatic heterocycles. The summed E-state index contributed by atoms with van der Waals surface area (Å²) in [7, 11) is 0. The van der Waals surface area contributed by atoms with Crippen molar-refractivity contribution in [1.29, 1.82) is 0 Å². The molecular weight excluding hydrogens is 413 g/mol. The van der Waals surface area contributed by atoms with Crippen molar-refractivity contribution in [3.05, 3.63) is 59.8 Å². The average Bonchev–Trinajstić information content (AvgIpc) is 3.29. The van der Waals surface area contributed by atoms with Gasteiger partial charge in [-0.2, -0.15) is 0 Å². The monoisotopic (exact) mass is 435 g/mol. The molecule has 3 aromatic heterocycles. The molecular formula is C21H22FN9O. The smallest absolute Gasteiger partial charge is 0.252 e. The number of carbonyl (C=O) groups is 1. The summed E-state index contributed by atoms with van der Waals surface area (Å²) in [5.74, 6) is -0.713. The largest absolute Gasteiger partial charge is 0.365 e. The van der Waals surface area contributed by atoms with E-state index >= 15 is 0 Å². The van der Waals surface area contributed by atoms with Crippen LogP contribution in [0.3, 0.4) is 0 Å². The van der Waals surface area contributed by atoms with Gasteiger partial charge in [0.1, 0.15) is 5.82 Å². The van der Waals surface area contributed by atoms with Crippen molar-refractivity contribution in [3.63, 3.8) is 0 Å². The van der Waals surface area contributed by atoms with Crippen LogP contribution < -0.4 is 16.4 Å². The summed E-state index contributed by atoms with van der Waals surface area (Å²) < 4.78 is 14.8. The number of anilines is 3. The molecule has 3 heterocycles. The molecule has 0 saturated heterocycles. The summed E-state index contributed by atoms with van der Waals surface area (Å²) in [5.41, 5.74) is 6.87. The lowest BCUT2D eigenvalue weighted by Crippen LogP contribution is -2.19. The summed E-state index contributed by atoms with van der Waals surface area (Å²) in [6.07, 6.45) is 2.33. The van der Waals surface area contributed by atoms with Crippen LogP contribution >= 0.6 is 0 Å². The second-order valence-electron chi connectivity index (χ2n) is 7.73. The Labute approximate surface area is 182 Å². The number of amides is 1. The molecule has 32 heavy (non-hydrogen) atoms. The van der Waals surface area contributed by atoms with E-state index in [4.69, 9.17) is 5.73 Å². The third-order valence-corrected chi connectivity index (χ3v) is 4.82. The highest BCUT2D eigenvalue weighted by atomic mass is 19.1. The summed E-state index contributed by atoms with van der Waals surface area (Å²) in [5, 5.41) is 20.8. The maximum Gasteiger partial charge on any atom is 0.252 e. The predicted octanol–water partition coefficient (Wildman–Crippen LogP) is 3.32. The highest BCUT2D eigenvalue weighted by Gasteiger charge is 2.22. The van der Waals surface area contributed by atoms with Crippen molar-refractivity contribution in [3.8, 4) is 0 Å². The Balaban J connectivity index is 1.69. The Kier molecular flexibility index (Phi) is 5.88. The molecule has 1 aromatic carbocycles. The van der Waals surface area contributed by atoms with Crippen molar-refractivity contribution < 1.29 is 9.18 Å². The predicted molar refractivity (Wildman–Crippen MR) is 118 cm³/mol. The SMILES string of the molecule is CC(C)CC(Nc1nc(Nc2ccc3ncccc3c2)c(C(N)=O)cc1F)c1nnn[nH]1. The van der Waals surface area contributed by atoms with Crippen LogP contribution in [0, 0.1) is 11.7 Å². The van der Waals surface area contributed by atoms with Gasteiger partial charge < -0.3 is 16.4 Å². The zero-order valence-electron chi connectivity index (χ0n) is 17.5. The number of tetrazole rings is 1. The number of pyridine rings is 2. The second-order valence-corrected chi connectivity index (χ2v) is 7.73. The second kappa shape index (κ2) is 8.92. The van der Waals surface area contributed by atoms with E-state index < -0.39 is 17.8 Å². The number of aromatic amines is 1. The summed E-state index contributed by atoms with van der Waals surface area (Å²) in [6.45, 7) is 4.06. The maximum absolute atomic E-state index is 14.8. The van der Waals surface area contributed by atoms with Crippen LogP contribution in [0.25, 0.3) is 10.9 Å². The lowest BCUT2D eigenvalue weighted by atomic mass is 10.0. The lowest BCUT2D eigenvalue weighted by molar-refractivity contribution is 0.100. The maximum atomic E-state index is 14.8. The minimum atomic E-state index is -0.800. The van der Waals surface area contributed by atoms with Gasteiger partial charge in [-0.05, 0) is 53.1 Å². The van der Waals surface area contributed by atoms with Gasteiger partial charge in [0.15, 0.2) is 17.5 Å². The van der Waals surface area contributed by atoms with Crippen LogP contribution in [0.2, 0.25) is 0 Å². The molecule has 11 heteroatoms. The van der Waals surface area contributed by atoms with Crippen molar-refractivity contribution in [2.45, 2.75) is 26.3 Å². The number of fused-ring (bicyclic) bond motifs is 1. The van der Waals surface area contributed by atoms with Crippen LogP contribution in [0.15, 0.2) is 42.6 Å². The van der Waals surface area contributed by atoms with E-state index in [-0.39, 0.29) is 23.1 Å². The number of benzene rings is 1. The molecule has 1 atom stereocenters. The standard InChI is InChI=1S/C21H22FN9O/c1-11(2)8-17(21-28-30-31-29-21)26-20-15(22)10-14(18(23)32)19(27-20)25-13-5-6-16-12(9-13)4-3-7-24-16/h3-7,9-11,17H,8H2,1-2H3,(H2,23,32)(H2,25,26,27)(H,28,29,30,31). The molecule has 0 bridgehead atoms. The van der Waals surface area contributed by atoms with Crippen LogP contribution in [-0.2, 0) is 0 Å². The average molecular weight is 435 g/mol. The molecule has 0 spiro atoms. The summed E-state index contributed by atoms with van der Waals surface area (Å²) >= 11 is 0. The molecule has 0 saturated carbocycles. The van der Waals surface area contributed by atoms with E-state index in [0.717, 1.165) is 17.0 Å². The minimum Gasteiger partial charge on any atom is -0.365 e. The molecule has 1 amide bonds. The molecule has 4 rings (SSSR count). The van der Waals surface area contributed by atoms with Crippen molar-refractivity contribution in [2.24, 2.45) is 11.7 Å². The molecule has 0 aliphatic carbocycles. The van der Waals surface area contributed by atoms with Crippen LogP contribution in [0.5, 0.6) is 0 Å². The van der Waals surface area contributed by atoms with Crippen molar-refractivity contribution in [1.82, 2.24) is 30.6 Å². The Morgan fingerprint density at radius 1 is 1.22 bits per heavy atom. The molecule has 0 radical (unpaired) electrons. The van der Waals surface area contributed by atoms with E-state index in [9.17, 15) is 9.18 Å². The van der Waals surface area contributed by atoms with Crippen LogP contribution in [-0.4, -0.2) is 36.5 Å². The first-order chi connectivity index (χ1) is 15.4. The first kappa shape index (κ1) is 21.1. The van der Waals surface area contributed by atoms with Gasteiger partial charge in [0.25, 0.3) is 5.91 Å². The van der Waals surface area contributed by atoms with Gasteiger partial charge in [0, 0.05) is 17.3 Å². The number of nitrogens with one attached hydrogen (secondary N) is 3. The van der Waals surface area contributed by atoms with E-state index in [1.54, 1.807) is 12.3 Å². The van der Waals surface area contributed by atoms with Gasteiger partial charge in [-0.15, -0.1) is 5.10 Å².